The quantitative estimate of drug-likeness (QED) is 0.489. The van der Waals surface area contributed by atoms with E-state index in [1.807, 2.05) is 0 Å². The molecule has 0 bridgehead atoms. The van der Waals surface area contributed by atoms with Gasteiger partial charge in [-0.2, -0.15) is 0 Å². The molecule has 3 heteroatoms. The summed E-state index contributed by atoms with van der Waals surface area (Å²) in [4.78, 5) is 0. The van der Waals surface area contributed by atoms with Gasteiger partial charge in [-0.25, -0.2) is 13.2 Å². The summed E-state index contributed by atoms with van der Waals surface area (Å²) >= 11 is 0. The first-order chi connectivity index (χ1) is 6.15. The molecule has 0 fully saturated rings. The first-order valence-electron chi connectivity index (χ1n) is 3.72. The Morgan fingerprint density at radius 1 is 1.08 bits per heavy atom. The fraction of sp³-hybridized carbons (Fsp3) is 0.200. The van der Waals surface area contributed by atoms with E-state index >= 15 is 0 Å². The summed E-state index contributed by atoms with van der Waals surface area (Å²) in [5.41, 5.74) is 0.108. The van der Waals surface area contributed by atoms with Crippen molar-refractivity contribution in [1.82, 2.24) is 0 Å². The SMILES string of the molecule is C#CCCc1cc(F)c(F)cc1F. The summed E-state index contributed by atoms with van der Waals surface area (Å²) < 4.78 is 37.9. The topological polar surface area (TPSA) is 0 Å². The minimum atomic E-state index is -1.18. The zero-order valence-electron chi connectivity index (χ0n) is 6.78. The molecule has 0 aromatic heterocycles. The van der Waals surface area contributed by atoms with E-state index in [-0.39, 0.29) is 12.0 Å². The molecule has 0 radical (unpaired) electrons. The van der Waals surface area contributed by atoms with Crippen molar-refractivity contribution >= 4 is 0 Å². The molecule has 0 aliphatic carbocycles. The molecule has 13 heavy (non-hydrogen) atoms. The van der Waals surface area contributed by atoms with E-state index in [9.17, 15) is 13.2 Å². The van der Waals surface area contributed by atoms with E-state index in [2.05, 4.69) is 5.92 Å². The van der Waals surface area contributed by atoms with E-state index in [1.54, 1.807) is 0 Å². The smallest absolute Gasteiger partial charge is 0.161 e. The van der Waals surface area contributed by atoms with Crippen LogP contribution in [0.3, 0.4) is 0 Å². The molecule has 0 amide bonds. The van der Waals surface area contributed by atoms with Crippen LogP contribution in [-0.2, 0) is 6.42 Å². The van der Waals surface area contributed by atoms with Crippen LogP contribution in [0.5, 0.6) is 0 Å². The van der Waals surface area contributed by atoms with Crippen LogP contribution in [0.2, 0.25) is 0 Å². The predicted octanol–water partition coefficient (Wildman–Crippen LogP) is 2.67. The number of rotatable bonds is 2. The van der Waals surface area contributed by atoms with Gasteiger partial charge in [0, 0.05) is 12.5 Å². The molecule has 0 spiro atoms. The molecule has 0 aliphatic heterocycles. The monoisotopic (exact) mass is 184 g/mol. The Labute approximate surface area is 74.4 Å². The Morgan fingerprint density at radius 2 is 1.69 bits per heavy atom. The second kappa shape index (κ2) is 3.99. The Bertz CT molecular complexity index is 350. The molecule has 0 N–H and O–H groups in total. The fourth-order valence-corrected chi connectivity index (χ4v) is 0.962. The van der Waals surface area contributed by atoms with Crippen molar-refractivity contribution in [2.24, 2.45) is 0 Å². The molecule has 0 unspecified atom stereocenters. The lowest BCUT2D eigenvalue weighted by Gasteiger charge is -2.01. The molecule has 0 heterocycles. The van der Waals surface area contributed by atoms with Gasteiger partial charge in [0.2, 0.25) is 0 Å². The minimum Gasteiger partial charge on any atom is -0.207 e. The Morgan fingerprint density at radius 3 is 2.31 bits per heavy atom. The van der Waals surface area contributed by atoms with Gasteiger partial charge in [0.25, 0.3) is 0 Å². The van der Waals surface area contributed by atoms with Crippen LogP contribution >= 0.6 is 0 Å². The maximum absolute atomic E-state index is 12.9. The first-order valence-corrected chi connectivity index (χ1v) is 3.72. The van der Waals surface area contributed by atoms with Crippen molar-refractivity contribution in [3.05, 3.63) is 35.1 Å². The number of terminal acetylenes is 1. The van der Waals surface area contributed by atoms with E-state index in [0.717, 1.165) is 6.07 Å². The van der Waals surface area contributed by atoms with Gasteiger partial charge in [-0.1, -0.05) is 0 Å². The Balaban J connectivity index is 2.96. The van der Waals surface area contributed by atoms with Crippen molar-refractivity contribution in [1.29, 1.82) is 0 Å². The predicted molar refractivity (Wildman–Crippen MR) is 43.5 cm³/mol. The number of hydrogen-bond donors (Lipinski definition) is 0. The van der Waals surface area contributed by atoms with E-state index in [4.69, 9.17) is 6.42 Å². The molecular formula is C10H7F3. The third kappa shape index (κ3) is 2.25. The summed E-state index contributed by atoms with van der Waals surface area (Å²) in [6.45, 7) is 0. The summed E-state index contributed by atoms with van der Waals surface area (Å²) in [6.07, 6.45) is 5.48. The number of aryl methyl sites for hydroxylation is 1. The molecule has 0 aliphatic rings. The highest BCUT2D eigenvalue weighted by molar-refractivity contribution is 5.20. The largest absolute Gasteiger partial charge is 0.207 e. The molecule has 1 aromatic rings. The van der Waals surface area contributed by atoms with Crippen LogP contribution in [0.25, 0.3) is 0 Å². The lowest BCUT2D eigenvalue weighted by molar-refractivity contribution is 0.490. The van der Waals surface area contributed by atoms with Gasteiger partial charge < -0.3 is 0 Å². The second-order valence-electron chi connectivity index (χ2n) is 2.56. The normalized spacial score (nSPS) is 9.69. The van der Waals surface area contributed by atoms with Gasteiger partial charge in [0.1, 0.15) is 5.82 Å². The van der Waals surface area contributed by atoms with Crippen LogP contribution in [0.4, 0.5) is 13.2 Å². The van der Waals surface area contributed by atoms with Crippen molar-refractivity contribution in [2.75, 3.05) is 0 Å². The minimum absolute atomic E-state index is 0.108. The van der Waals surface area contributed by atoms with Gasteiger partial charge in [-0.05, 0) is 18.1 Å². The summed E-state index contributed by atoms with van der Waals surface area (Å²) in [5.74, 6) is -0.687. The first kappa shape index (κ1) is 9.66. The zero-order chi connectivity index (χ0) is 9.84. The van der Waals surface area contributed by atoms with Crippen molar-refractivity contribution < 1.29 is 13.2 Å². The third-order valence-corrected chi connectivity index (χ3v) is 1.63. The highest BCUT2D eigenvalue weighted by Crippen LogP contribution is 2.14. The fourth-order valence-electron chi connectivity index (χ4n) is 0.962. The Hall–Kier alpha value is -1.43. The van der Waals surface area contributed by atoms with Crippen LogP contribution < -0.4 is 0 Å². The molecule has 1 aromatic carbocycles. The maximum atomic E-state index is 12.9. The standard InChI is InChI=1S/C10H7F3/c1-2-3-4-7-5-9(12)10(13)6-8(7)11/h1,5-6H,3-4H2. The van der Waals surface area contributed by atoms with Crippen LogP contribution in [0.1, 0.15) is 12.0 Å². The Kier molecular flexibility index (Phi) is 2.97. The summed E-state index contributed by atoms with van der Waals surface area (Å²) in [5, 5.41) is 0. The third-order valence-electron chi connectivity index (χ3n) is 1.63. The van der Waals surface area contributed by atoms with Crippen LogP contribution in [0, 0.1) is 29.8 Å². The molecule has 0 nitrogen and oxygen atoms in total. The van der Waals surface area contributed by atoms with Crippen LogP contribution in [0.15, 0.2) is 12.1 Å². The highest BCUT2D eigenvalue weighted by Gasteiger charge is 2.08. The number of halogens is 3. The van der Waals surface area contributed by atoms with E-state index < -0.39 is 17.5 Å². The second-order valence-corrected chi connectivity index (χ2v) is 2.56. The van der Waals surface area contributed by atoms with E-state index in [1.165, 1.54) is 0 Å². The lowest BCUT2D eigenvalue weighted by Crippen LogP contribution is -1.94. The highest BCUT2D eigenvalue weighted by atomic mass is 19.2. The van der Waals surface area contributed by atoms with Gasteiger partial charge in [-0.15, -0.1) is 12.3 Å². The number of hydrogen-bond acceptors (Lipinski definition) is 0. The summed E-state index contributed by atoms with van der Waals surface area (Å²) in [7, 11) is 0. The molecule has 0 saturated carbocycles. The lowest BCUT2D eigenvalue weighted by atomic mass is 10.1. The molecule has 0 saturated heterocycles. The van der Waals surface area contributed by atoms with Crippen LogP contribution in [-0.4, -0.2) is 0 Å². The molecule has 1 rings (SSSR count). The van der Waals surface area contributed by atoms with Gasteiger partial charge in [0.15, 0.2) is 11.6 Å². The average Bonchev–Trinajstić information content (AvgIpc) is 2.09. The van der Waals surface area contributed by atoms with E-state index in [0.29, 0.717) is 12.5 Å². The molecule has 0 atom stereocenters. The number of benzene rings is 1. The maximum Gasteiger partial charge on any atom is 0.161 e. The van der Waals surface area contributed by atoms with Crippen molar-refractivity contribution in [2.45, 2.75) is 12.8 Å². The molecule has 68 valence electrons. The average molecular weight is 184 g/mol. The molecular weight excluding hydrogens is 177 g/mol. The van der Waals surface area contributed by atoms with Gasteiger partial charge in [-0.3, -0.25) is 0 Å². The van der Waals surface area contributed by atoms with Crippen molar-refractivity contribution in [3.63, 3.8) is 0 Å². The van der Waals surface area contributed by atoms with Crippen molar-refractivity contribution in [3.8, 4) is 12.3 Å². The van der Waals surface area contributed by atoms with Gasteiger partial charge >= 0.3 is 0 Å². The zero-order valence-corrected chi connectivity index (χ0v) is 6.78. The van der Waals surface area contributed by atoms with Gasteiger partial charge in [0.05, 0.1) is 0 Å². The summed E-state index contributed by atoms with van der Waals surface area (Å²) in [6, 6.07) is 1.36.